The number of hydrogen-bond donors (Lipinski definition) is 2. The second-order valence-corrected chi connectivity index (χ2v) is 8.50. The number of para-hydroxylation sites is 2. The van der Waals surface area contributed by atoms with E-state index in [0.717, 1.165) is 24.2 Å². The lowest BCUT2D eigenvalue weighted by Crippen LogP contribution is -2.52. The number of alkyl carbamates (subject to hydrolysis) is 1. The van der Waals surface area contributed by atoms with Gasteiger partial charge in [-0.3, -0.25) is 4.79 Å². The second-order valence-electron chi connectivity index (χ2n) is 8.50. The van der Waals surface area contributed by atoms with E-state index >= 15 is 0 Å². The Labute approximate surface area is 161 Å². The maximum absolute atomic E-state index is 12.8. The van der Waals surface area contributed by atoms with Gasteiger partial charge in [-0.2, -0.15) is 0 Å². The minimum atomic E-state index is -0.657. The lowest BCUT2D eigenvalue weighted by molar-refractivity contribution is -0.117. The number of anilines is 2. The Morgan fingerprint density at radius 3 is 2.48 bits per heavy atom. The SMILES string of the molecule is CC(C)(C)OC(=O)NC1CN(C2CCCCCC2)c2ccccc2NC1=O. The van der Waals surface area contributed by atoms with Gasteiger partial charge in [0.1, 0.15) is 11.6 Å². The predicted octanol–water partition coefficient (Wildman–Crippen LogP) is 4.06. The molecule has 1 heterocycles. The van der Waals surface area contributed by atoms with E-state index in [-0.39, 0.29) is 5.91 Å². The number of hydrogen-bond acceptors (Lipinski definition) is 4. The van der Waals surface area contributed by atoms with E-state index < -0.39 is 17.7 Å². The molecule has 27 heavy (non-hydrogen) atoms. The third kappa shape index (κ3) is 5.15. The highest BCUT2D eigenvalue weighted by molar-refractivity contribution is 6.01. The monoisotopic (exact) mass is 373 g/mol. The molecule has 0 radical (unpaired) electrons. The fourth-order valence-electron chi connectivity index (χ4n) is 3.90. The van der Waals surface area contributed by atoms with Crippen LogP contribution in [0.25, 0.3) is 0 Å². The minimum Gasteiger partial charge on any atom is -0.444 e. The largest absolute Gasteiger partial charge is 0.444 e. The van der Waals surface area contributed by atoms with Gasteiger partial charge >= 0.3 is 6.09 Å². The van der Waals surface area contributed by atoms with Crippen LogP contribution in [0.5, 0.6) is 0 Å². The maximum atomic E-state index is 12.8. The van der Waals surface area contributed by atoms with Gasteiger partial charge in [-0.1, -0.05) is 37.8 Å². The Morgan fingerprint density at radius 2 is 1.81 bits per heavy atom. The summed E-state index contributed by atoms with van der Waals surface area (Å²) >= 11 is 0. The topological polar surface area (TPSA) is 70.7 Å². The Kier molecular flexibility index (Phi) is 5.92. The molecule has 6 heteroatoms. The number of fused-ring (bicyclic) bond motifs is 1. The molecule has 1 fully saturated rings. The molecular formula is C21H31N3O3. The summed E-state index contributed by atoms with van der Waals surface area (Å²) in [5.41, 5.74) is 1.24. The zero-order valence-electron chi connectivity index (χ0n) is 16.6. The molecule has 0 spiro atoms. The Hall–Kier alpha value is -2.24. The van der Waals surface area contributed by atoms with E-state index in [0.29, 0.717) is 12.6 Å². The second kappa shape index (κ2) is 8.19. The van der Waals surface area contributed by atoms with Gasteiger partial charge in [0, 0.05) is 12.6 Å². The van der Waals surface area contributed by atoms with Crippen molar-refractivity contribution in [2.45, 2.75) is 77.0 Å². The molecule has 1 aliphatic heterocycles. The van der Waals surface area contributed by atoms with Crippen LogP contribution in [0.1, 0.15) is 59.3 Å². The summed E-state index contributed by atoms with van der Waals surface area (Å²) in [5, 5.41) is 5.74. The van der Waals surface area contributed by atoms with Gasteiger partial charge in [-0.25, -0.2) is 4.79 Å². The molecule has 1 aromatic rings. The first-order chi connectivity index (χ1) is 12.8. The highest BCUT2D eigenvalue weighted by atomic mass is 16.6. The third-order valence-corrected chi connectivity index (χ3v) is 5.12. The summed E-state index contributed by atoms with van der Waals surface area (Å²) < 4.78 is 5.36. The molecular weight excluding hydrogens is 342 g/mol. The zero-order chi connectivity index (χ0) is 19.4. The van der Waals surface area contributed by atoms with E-state index in [4.69, 9.17) is 4.74 Å². The average molecular weight is 373 g/mol. The standard InChI is InChI=1S/C21H31N3O3/c1-21(2,3)27-20(26)23-17-14-24(15-10-6-4-5-7-11-15)18-13-9-8-12-16(18)22-19(17)25/h8-9,12-13,15,17H,4-7,10-11,14H2,1-3H3,(H,22,25)(H,23,26). The van der Waals surface area contributed by atoms with Crippen molar-refractivity contribution >= 4 is 23.4 Å². The predicted molar refractivity (Wildman–Crippen MR) is 107 cm³/mol. The summed E-state index contributed by atoms with van der Waals surface area (Å²) in [6.45, 7) is 5.89. The molecule has 2 aliphatic rings. The molecule has 0 aromatic heterocycles. The summed E-state index contributed by atoms with van der Waals surface area (Å²) in [5.74, 6) is -0.204. The van der Waals surface area contributed by atoms with Crippen LogP contribution in [-0.2, 0) is 9.53 Å². The van der Waals surface area contributed by atoms with Crippen molar-refractivity contribution in [3.05, 3.63) is 24.3 Å². The van der Waals surface area contributed by atoms with Gasteiger partial charge in [-0.05, 0) is 45.7 Å². The number of carbonyl (C=O) groups is 2. The lowest BCUT2D eigenvalue weighted by atomic mass is 10.0. The molecule has 2 amide bonds. The fraction of sp³-hybridized carbons (Fsp3) is 0.619. The van der Waals surface area contributed by atoms with Crippen LogP contribution in [0.4, 0.5) is 16.2 Å². The Morgan fingerprint density at radius 1 is 1.15 bits per heavy atom. The Bertz CT molecular complexity index is 675. The first-order valence-corrected chi connectivity index (χ1v) is 9.99. The van der Waals surface area contributed by atoms with Crippen molar-refractivity contribution in [1.82, 2.24) is 5.32 Å². The molecule has 148 valence electrons. The van der Waals surface area contributed by atoms with E-state index in [1.807, 2.05) is 39.0 Å². The average Bonchev–Trinajstić information content (AvgIpc) is 2.92. The van der Waals surface area contributed by atoms with Crippen molar-refractivity contribution in [2.24, 2.45) is 0 Å². The van der Waals surface area contributed by atoms with Gasteiger partial charge in [-0.15, -0.1) is 0 Å². The van der Waals surface area contributed by atoms with Gasteiger partial charge in [0.15, 0.2) is 0 Å². The van der Waals surface area contributed by atoms with Crippen LogP contribution in [0.2, 0.25) is 0 Å². The van der Waals surface area contributed by atoms with Crippen LogP contribution >= 0.6 is 0 Å². The molecule has 2 N–H and O–H groups in total. The number of carbonyl (C=O) groups excluding carboxylic acids is 2. The molecule has 1 aromatic carbocycles. The number of rotatable bonds is 2. The van der Waals surface area contributed by atoms with E-state index in [1.165, 1.54) is 25.7 Å². The summed E-state index contributed by atoms with van der Waals surface area (Å²) in [7, 11) is 0. The zero-order valence-corrected chi connectivity index (χ0v) is 16.6. The maximum Gasteiger partial charge on any atom is 0.408 e. The number of nitrogens with zero attached hydrogens (tertiary/aromatic N) is 1. The highest BCUT2D eigenvalue weighted by Crippen LogP contribution is 2.34. The molecule has 1 aliphatic carbocycles. The van der Waals surface area contributed by atoms with Gasteiger partial charge in [0.25, 0.3) is 0 Å². The quantitative estimate of drug-likeness (QED) is 0.767. The number of ether oxygens (including phenoxy) is 1. The van der Waals surface area contributed by atoms with E-state index in [2.05, 4.69) is 21.6 Å². The van der Waals surface area contributed by atoms with Crippen LogP contribution in [0, 0.1) is 0 Å². The smallest absolute Gasteiger partial charge is 0.408 e. The van der Waals surface area contributed by atoms with Gasteiger partial charge < -0.3 is 20.3 Å². The summed E-state index contributed by atoms with van der Waals surface area (Å²) in [6, 6.07) is 7.62. The molecule has 0 bridgehead atoms. The van der Waals surface area contributed by atoms with Gasteiger partial charge in [0.2, 0.25) is 5.91 Å². The Balaban J connectivity index is 1.83. The molecule has 1 saturated carbocycles. The molecule has 1 unspecified atom stereocenters. The van der Waals surface area contributed by atoms with Crippen molar-refractivity contribution in [3.63, 3.8) is 0 Å². The normalized spacial score (nSPS) is 21.5. The first kappa shape index (κ1) is 19.5. The van der Waals surface area contributed by atoms with Crippen LogP contribution in [0.15, 0.2) is 24.3 Å². The van der Waals surface area contributed by atoms with Crippen LogP contribution in [-0.4, -0.2) is 36.2 Å². The van der Waals surface area contributed by atoms with E-state index in [9.17, 15) is 9.59 Å². The minimum absolute atomic E-state index is 0.204. The van der Waals surface area contributed by atoms with Crippen molar-refractivity contribution in [2.75, 3.05) is 16.8 Å². The van der Waals surface area contributed by atoms with Crippen molar-refractivity contribution in [3.8, 4) is 0 Å². The number of benzene rings is 1. The number of amides is 2. The van der Waals surface area contributed by atoms with Gasteiger partial charge in [0.05, 0.1) is 11.4 Å². The van der Waals surface area contributed by atoms with Crippen LogP contribution < -0.4 is 15.5 Å². The van der Waals surface area contributed by atoms with E-state index in [1.54, 1.807) is 0 Å². The van der Waals surface area contributed by atoms with Crippen LogP contribution in [0.3, 0.4) is 0 Å². The lowest BCUT2D eigenvalue weighted by Gasteiger charge is -2.34. The fourth-order valence-corrected chi connectivity index (χ4v) is 3.90. The van der Waals surface area contributed by atoms with Crippen molar-refractivity contribution in [1.29, 1.82) is 0 Å². The molecule has 6 nitrogen and oxygen atoms in total. The third-order valence-electron chi connectivity index (χ3n) is 5.12. The number of nitrogens with one attached hydrogen (secondary N) is 2. The summed E-state index contributed by atoms with van der Waals surface area (Å²) in [6.07, 6.45) is 6.60. The molecule has 1 atom stereocenters. The molecule has 0 saturated heterocycles. The first-order valence-electron chi connectivity index (χ1n) is 9.99. The summed E-state index contributed by atoms with van der Waals surface area (Å²) in [4.78, 5) is 27.3. The van der Waals surface area contributed by atoms with Crippen molar-refractivity contribution < 1.29 is 14.3 Å². The molecule has 3 rings (SSSR count). The highest BCUT2D eigenvalue weighted by Gasteiger charge is 2.33.